The van der Waals surface area contributed by atoms with Gasteiger partial charge in [0.15, 0.2) is 0 Å². The smallest absolute Gasteiger partial charge is 0.296 e. The molecule has 0 unspecified atom stereocenters. The van der Waals surface area contributed by atoms with Crippen molar-refractivity contribution in [1.82, 2.24) is 9.55 Å². The molecule has 5 nitrogen and oxygen atoms in total. The molecule has 0 aliphatic rings. The highest BCUT2D eigenvalue weighted by molar-refractivity contribution is 5.52. The maximum absolute atomic E-state index is 12.8. The summed E-state index contributed by atoms with van der Waals surface area (Å²) in [6, 6.07) is 3.40. The Morgan fingerprint density at radius 3 is 2.87 bits per heavy atom. The van der Waals surface area contributed by atoms with Crippen LogP contribution in [0, 0.1) is 15.9 Å². The van der Waals surface area contributed by atoms with Crippen LogP contribution >= 0.6 is 0 Å². The number of rotatable bonds is 2. The lowest BCUT2D eigenvalue weighted by Gasteiger charge is -2.02. The molecule has 0 atom stereocenters. The van der Waals surface area contributed by atoms with Gasteiger partial charge >= 0.3 is 0 Å². The summed E-state index contributed by atoms with van der Waals surface area (Å²) in [5.41, 5.74) is 0.00639. The van der Waals surface area contributed by atoms with Gasteiger partial charge in [-0.2, -0.15) is 0 Å². The number of aromatic nitrogens is 2. The van der Waals surface area contributed by atoms with E-state index >= 15 is 0 Å². The SMILES string of the molecule is O=[N+]([O-])c1cc(F)ccc1-n1ccnc1. The second kappa shape index (κ2) is 3.49. The van der Waals surface area contributed by atoms with Gasteiger partial charge in [-0.05, 0) is 12.1 Å². The molecule has 0 saturated heterocycles. The molecule has 2 aromatic rings. The molecule has 0 aliphatic heterocycles. The number of nitro groups is 1. The van der Waals surface area contributed by atoms with Crippen LogP contribution in [0.5, 0.6) is 0 Å². The van der Waals surface area contributed by atoms with Crippen LogP contribution in [0.2, 0.25) is 0 Å². The van der Waals surface area contributed by atoms with Crippen LogP contribution in [-0.2, 0) is 0 Å². The molecule has 1 aromatic heterocycles. The van der Waals surface area contributed by atoms with Crippen molar-refractivity contribution in [2.24, 2.45) is 0 Å². The Labute approximate surface area is 83.9 Å². The molecule has 0 radical (unpaired) electrons. The largest absolute Gasteiger partial charge is 0.300 e. The van der Waals surface area contributed by atoms with E-state index in [1.165, 1.54) is 29.2 Å². The summed E-state index contributed by atoms with van der Waals surface area (Å²) in [5, 5.41) is 10.7. The number of nitro benzene ring substituents is 1. The molecule has 15 heavy (non-hydrogen) atoms. The third kappa shape index (κ3) is 1.69. The van der Waals surface area contributed by atoms with Gasteiger partial charge in [0.2, 0.25) is 0 Å². The second-order valence-corrected chi connectivity index (χ2v) is 2.86. The molecular weight excluding hydrogens is 201 g/mol. The van der Waals surface area contributed by atoms with Gasteiger partial charge in [0.05, 0.1) is 17.3 Å². The Hall–Kier alpha value is -2.24. The summed E-state index contributed by atoms with van der Waals surface area (Å²) in [6.07, 6.45) is 4.47. The van der Waals surface area contributed by atoms with Gasteiger partial charge in [-0.15, -0.1) is 0 Å². The summed E-state index contributed by atoms with van der Waals surface area (Å²) in [6.45, 7) is 0. The van der Waals surface area contributed by atoms with E-state index in [-0.39, 0.29) is 5.69 Å². The topological polar surface area (TPSA) is 61.0 Å². The number of imidazole rings is 1. The first-order chi connectivity index (χ1) is 7.18. The Bertz CT molecular complexity index is 496. The van der Waals surface area contributed by atoms with Gasteiger partial charge in [-0.3, -0.25) is 10.1 Å². The quantitative estimate of drug-likeness (QED) is 0.558. The molecule has 1 heterocycles. The Kier molecular flexibility index (Phi) is 2.17. The second-order valence-electron chi connectivity index (χ2n) is 2.86. The summed E-state index contributed by atoms with van der Waals surface area (Å²) in [4.78, 5) is 13.8. The van der Waals surface area contributed by atoms with Gasteiger partial charge in [-0.1, -0.05) is 0 Å². The highest BCUT2D eigenvalue weighted by atomic mass is 19.1. The highest BCUT2D eigenvalue weighted by Crippen LogP contribution is 2.23. The fourth-order valence-corrected chi connectivity index (χ4v) is 1.26. The highest BCUT2D eigenvalue weighted by Gasteiger charge is 2.15. The lowest BCUT2D eigenvalue weighted by molar-refractivity contribution is -0.384. The molecule has 1 aromatic carbocycles. The maximum Gasteiger partial charge on any atom is 0.296 e. The van der Waals surface area contributed by atoms with E-state index in [4.69, 9.17) is 0 Å². The maximum atomic E-state index is 12.8. The number of nitrogens with zero attached hydrogens (tertiary/aromatic N) is 3. The lowest BCUT2D eigenvalue weighted by atomic mass is 10.2. The van der Waals surface area contributed by atoms with Crippen LogP contribution in [0.3, 0.4) is 0 Å². The van der Waals surface area contributed by atoms with Crippen LogP contribution in [0.25, 0.3) is 5.69 Å². The zero-order valence-corrected chi connectivity index (χ0v) is 7.50. The predicted molar refractivity (Wildman–Crippen MR) is 50.2 cm³/mol. The molecule has 0 saturated carbocycles. The average Bonchev–Trinajstić information content (AvgIpc) is 2.70. The number of halogens is 1. The van der Waals surface area contributed by atoms with E-state index in [2.05, 4.69) is 4.98 Å². The number of benzene rings is 1. The fraction of sp³-hybridized carbons (Fsp3) is 0. The van der Waals surface area contributed by atoms with E-state index in [1.54, 1.807) is 6.20 Å². The van der Waals surface area contributed by atoms with Crippen molar-refractivity contribution < 1.29 is 9.31 Å². The molecule has 6 heteroatoms. The Morgan fingerprint density at radius 1 is 1.47 bits per heavy atom. The van der Waals surface area contributed by atoms with Crippen molar-refractivity contribution in [2.45, 2.75) is 0 Å². The van der Waals surface area contributed by atoms with Crippen molar-refractivity contribution >= 4 is 5.69 Å². The molecule has 0 bridgehead atoms. The first kappa shape index (κ1) is 9.32. The van der Waals surface area contributed by atoms with E-state index in [0.29, 0.717) is 5.69 Å². The van der Waals surface area contributed by atoms with E-state index < -0.39 is 10.7 Å². The van der Waals surface area contributed by atoms with E-state index in [1.807, 2.05) is 0 Å². The van der Waals surface area contributed by atoms with Gasteiger partial charge in [0, 0.05) is 12.4 Å². The van der Waals surface area contributed by atoms with Crippen molar-refractivity contribution in [2.75, 3.05) is 0 Å². The molecule has 0 amide bonds. The van der Waals surface area contributed by atoms with Gasteiger partial charge < -0.3 is 4.57 Å². The van der Waals surface area contributed by atoms with Crippen LogP contribution in [0.1, 0.15) is 0 Å². The van der Waals surface area contributed by atoms with Crippen LogP contribution in [-0.4, -0.2) is 14.5 Å². The minimum absolute atomic E-state index is 0.284. The first-order valence-electron chi connectivity index (χ1n) is 4.11. The van der Waals surface area contributed by atoms with E-state index in [9.17, 15) is 14.5 Å². The molecule has 0 spiro atoms. The summed E-state index contributed by atoms with van der Waals surface area (Å²) < 4.78 is 14.3. The molecule has 2 rings (SSSR count). The minimum atomic E-state index is -0.634. The normalized spacial score (nSPS) is 10.2. The molecule has 0 fully saturated rings. The molecule has 76 valence electrons. The summed E-state index contributed by atoms with van der Waals surface area (Å²) >= 11 is 0. The fourth-order valence-electron chi connectivity index (χ4n) is 1.26. The predicted octanol–water partition coefficient (Wildman–Crippen LogP) is 1.92. The zero-order chi connectivity index (χ0) is 10.8. The van der Waals surface area contributed by atoms with Crippen LogP contribution < -0.4 is 0 Å². The third-order valence-electron chi connectivity index (χ3n) is 1.92. The third-order valence-corrected chi connectivity index (χ3v) is 1.92. The first-order valence-corrected chi connectivity index (χ1v) is 4.11. The van der Waals surface area contributed by atoms with Crippen molar-refractivity contribution in [3.63, 3.8) is 0 Å². The van der Waals surface area contributed by atoms with Gasteiger partial charge in [-0.25, -0.2) is 9.37 Å². The minimum Gasteiger partial charge on any atom is -0.300 e. The molecular formula is C9H6FN3O2. The Balaban J connectivity index is 2.61. The van der Waals surface area contributed by atoms with Crippen molar-refractivity contribution in [3.05, 3.63) is 52.9 Å². The number of hydrogen-bond acceptors (Lipinski definition) is 3. The van der Waals surface area contributed by atoms with Gasteiger partial charge in [0.25, 0.3) is 5.69 Å². The van der Waals surface area contributed by atoms with Crippen molar-refractivity contribution in [1.29, 1.82) is 0 Å². The average molecular weight is 207 g/mol. The zero-order valence-electron chi connectivity index (χ0n) is 7.50. The van der Waals surface area contributed by atoms with Gasteiger partial charge in [0.1, 0.15) is 11.5 Å². The van der Waals surface area contributed by atoms with Crippen LogP contribution in [0.4, 0.5) is 10.1 Å². The molecule has 0 N–H and O–H groups in total. The van der Waals surface area contributed by atoms with Crippen LogP contribution in [0.15, 0.2) is 36.9 Å². The number of hydrogen-bond donors (Lipinski definition) is 0. The summed E-state index contributed by atoms with van der Waals surface area (Å²) in [5.74, 6) is -0.634. The molecule has 0 aliphatic carbocycles. The lowest BCUT2D eigenvalue weighted by Crippen LogP contribution is -1.98. The summed E-state index contributed by atoms with van der Waals surface area (Å²) in [7, 11) is 0. The van der Waals surface area contributed by atoms with E-state index in [0.717, 1.165) is 6.07 Å². The standard InChI is InChI=1S/C9H6FN3O2/c10-7-1-2-8(9(5-7)13(14)15)12-4-3-11-6-12/h1-6H. The monoisotopic (exact) mass is 207 g/mol. The Morgan fingerprint density at radius 2 is 2.27 bits per heavy atom. The van der Waals surface area contributed by atoms with Crippen molar-refractivity contribution in [3.8, 4) is 5.69 Å².